The Labute approximate surface area is 106 Å². The van der Waals surface area contributed by atoms with Gasteiger partial charge in [0.1, 0.15) is 5.75 Å². The first-order chi connectivity index (χ1) is 7.15. The molecule has 0 aliphatic heterocycles. The van der Waals surface area contributed by atoms with E-state index < -0.39 is 0 Å². The van der Waals surface area contributed by atoms with E-state index in [9.17, 15) is 0 Å². The molecule has 1 rings (SSSR count). The van der Waals surface area contributed by atoms with Crippen LogP contribution in [0.15, 0.2) is 18.2 Å². The van der Waals surface area contributed by atoms with Crippen molar-refractivity contribution in [1.82, 2.24) is 0 Å². The summed E-state index contributed by atoms with van der Waals surface area (Å²) in [6.45, 7) is 7.42. The normalized spacial score (nSPS) is 10.7. The van der Waals surface area contributed by atoms with Gasteiger partial charge in [-0.1, -0.05) is 27.2 Å². The second-order valence-corrected chi connectivity index (χ2v) is 5.28. The number of ether oxygens (including phenoxy) is 1. The van der Waals surface area contributed by atoms with Crippen LogP contribution in [0, 0.1) is 3.57 Å². The maximum Gasteiger partial charge on any atom is 0.122 e. The van der Waals surface area contributed by atoms with Crippen LogP contribution in [-0.4, -0.2) is 6.61 Å². The van der Waals surface area contributed by atoms with Gasteiger partial charge >= 0.3 is 0 Å². The molecule has 0 saturated carbocycles. The molecule has 0 aliphatic carbocycles. The van der Waals surface area contributed by atoms with E-state index in [4.69, 9.17) is 4.74 Å². The van der Waals surface area contributed by atoms with E-state index in [-0.39, 0.29) is 0 Å². The Bertz CT molecular complexity index is 307. The molecule has 0 fully saturated rings. The quantitative estimate of drug-likeness (QED) is 0.570. The Morgan fingerprint density at radius 3 is 2.67 bits per heavy atom. The third-order valence-electron chi connectivity index (χ3n) is 2.35. The molecule has 0 atom stereocenters. The fourth-order valence-electron chi connectivity index (χ4n) is 1.43. The number of hydrogen-bond donors (Lipinski definition) is 0. The lowest BCUT2D eigenvalue weighted by molar-refractivity contribution is 0.305. The van der Waals surface area contributed by atoms with Crippen LogP contribution in [0.5, 0.6) is 5.75 Å². The minimum atomic E-state index is 0.524. The lowest BCUT2D eigenvalue weighted by atomic mass is 10.0. The number of hydrogen-bond acceptors (Lipinski definition) is 1. The summed E-state index contributed by atoms with van der Waals surface area (Å²) in [7, 11) is 0. The summed E-state index contributed by atoms with van der Waals surface area (Å²) in [6.07, 6.45) is 2.31. The van der Waals surface area contributed by atoms with Crippen LogP contribution in [0.4, 0.5) is 0 Å². The predicted octanol–water partition coefficient (Wildman–Crippen LogP) is 4.59. The summed E-state index contributed by atoms with van der Waals surface area (Å²) in [5, 5.41) is 0. The minimum Gasteiger partial charge on any atom is -0.493 e. The van der Waals surface area contributed by atoms with E-state index in [1.54, 1.807) is 0 Å². The van der Waals surface area contributed by atoms with Gasteiger partial charge in [0.2, 0.25) is 0 Å². The molecule has 1 nitrogen and oxygen atoms in total. The van der Waals surface area contributed by atoms with Gasteiger partial charge in [-0.3, -0.25) is 0 Å². The van der Waals surface area contributed by atoms with Gasteiger partial charge in [-0.05, 0) is 58.7 Å². The van der Waals surface area contributed by atoms with Crippen molar-refractivity contribution < 1.29 is 4.74 Å². The highest BCUT2D eigenvalue weighted by molar-refractivity contribution is 14.1. The lowest BCUT2D eigenvalue weighted by Crippen LogP contribution is -2.01. The summed E-state index contributed by atoms with van der Waals surface area (Å²) in [4.78, 5) is 0. The molecule has 1 aromatic rings. The molecule has 0 radical (unpaired) electrons. The van der Waals surface area contributed by atoms with Crippen LogP contribution in [0.3, 0.4) is 0 Å². The van der Waals surface area contributed by atoms with Crippen LogP contribution in [-0.2, 0) is 0 Å². The molecule has 15 heavy (non-hydrogen) atoms. The van der Waals surface area contributed by atoms with Crippen LogP contribution >= 0.6 is 22.6 Å². The summed E-state index contributed by atoms with van der Waals surface area (Å²) in [5.74, 6) is 1.58. The van der Waals surface area contributed by atoms with E-state index in [1.165, 1.54) is 15.6 Å². The van der Waals surface area contributed by atoms with Gasteiger partial charge < -0.3 is 4.74 Å². The molecule has 0 amide bonds. The number of rotatable bonds is 5. The first kappa shape index (κ1) is 12.8. The zero-order valence-corrected chi connectivity index (χ0v) is 11.9. The Balaban J connectivity index is 2.77. The molecule has 0 N–H and O–H groups in total. The summed E-state index contributed by atoms with van der Waals surface area (Å²) in [6, 6.07) is 6.41. The van der Waals surface area contributed by atoms with Gasteiger partial charge in [-0.2, -0.15) is 0 Å². The van der Waals surface area contributed by atoms with Gasteiger partial charge in [-0.15, -0.1) is 0 Å². The molecule has 0 saturated heterocycles. The summed E-state index contributed by atoms with van der Waals surface area (Å²) in [5.41, 5.74) is 1.32. The van der Waals surface area contributed by atoms with Gasteiger partial charge in [0.05, 0.1) is 6.61 Å². The fourth-order valence-corrected chi connectivity index (χ4v) is 1.94. The van der Waals surface area contributed by atoms with Crippen molar-refractivity contribution in [3.63, 3.8) is 0 Å². The topological polar surface area (TPSA) is 9.23 Å². The van der Waals surface area contributed by atoms with Crippen molar-refractivity contribution in [2.24, 2.45) is 0 Å². The smallest absolute Gasteiger partial charge is 0.122 e. The van der Waals surface area contributed by atoms with E-state index in [0.717, 1.165) is 18.8 Å². The maximum atomic E-state index is 5.79. The molecule has 0 aliphatic rings. The SMILES string of the molecule is CCCCOc1ccc(I)cc1C(C)C. The molecule has 1 aromatic carbocycles. The molecule has 0 bridgehead atoms. The highest BCUT2D eigenvalue weighted by Gasteiger charge is 2.07. The van der Waals surface area contributed by atoms with E-state index in [0.29, 0.717) is 5.92 Å². The molecular formula is C13H19IO. The lowest BCUT2D eigenvalue weighted by Gasteiger charge is -2.14. The first-order valence-electron chi connectivity index (χ1n) is 5.57. The highest BCUT2D eigenvalue weighted by Crippen LogP contribution is 2.28. The van der Waals surface area contributed by atoms with Crippen LogP contribution in [0.2, 0.25) is 0 Å². The first-order valence-corrected chi connectivity index (χ1v) is 6.65. The standard InChI is InChI=1S/C13H19IO/c1-4-5-8-15-13-7-6-11(14)9-12(13)10(2)3/h6-7,9-10H,4-5,8H2,1-3H3. The minimum absolute atomic E-state index is 0.524. The maximum absolute atomic E-state index is 5.79. The van der Waals surface area contributed by atoms with Crippen molar-refractivity contribution in [2.45, 2.75) is 39.5 Å². The third kappa shape index (κ3) is 4.01. The average molecular weight is 318 g/mol. The molecule has 84 valence electrons. The molecule has 0 aromatic heterocycles. The molecule has 0 heterocycles. The summed E-state index contributed by atoms with van der Waals surface area (Å²) < 4.78 is 7.07. The van der Waals surface area contributed by atoms with E-state index >= 15 is 0 Å². The van der Waals surface area contributed by atoms with Gasteiger partial charge in [-0.25, -0.2) is 0 Å². The molecule has 0 spiro atoms. The van der Waals surface area contributed by atoms with Crippen molar-refractivity contribution in [3.05, 3.63) is 27.3 Å². The van der Waals surface area contributed by atoms with E-state index in [1.807, 2.05) is 0 Å². The van der Waals surface area contributed by atoms with Crippen molar-refractivity contribution in [1.29, 1.82) is 0 Å². The predicted molar refractivity (Wildman–Crippen MR) is 73.7 cm³/mol. The van der Waals surface area contributed by atoms with Crippen LogP contribution in [0.1, 0.15) is 45.1 Å². The van der Waals surface area contributed by atoms with Gasteiger partial charge in [0.25, 0.3) is 0 Å². The molecular weight excluding hydrogens is 299 g/mol. The third-order valence-corrected chi connectivity index (χ3v) is 3.02. The zero-order valence-electron chi connectivity index (χ0n) is 9.72. The van der Waals surface area contributed by atoms with Crippen molar-refractivity contribution in [3.8, 4) is 5.75 Å². The summed E-state index contributed by atoms with van der Waals surface area (Å²) >= 11 is 2.34. The molecule has 2 heteroatoms. The highest BCUT2D eigenvalue weighted by atomic mass is 127. The number of benzene rings is 1. The average Bonchev–Trinajstić information content (AvgIpc) is 2.20. The Morgan fingerprint density at radius 2 is 2.07 bits per heavy atom. The monoisotopic (exact) mass is 318 g/mol. The van der Waals surface area contributed by atoms with Crippen LogP contribution < -0.4 is 4.74 Å². The Morgan fingerprint density at radius 1 is 1.33 bits per heavy atom. The Kier molecular flexibility index (Phi) is 5.43. The van der Waals surface area contributed by atoms with Crippen molar-refractivity contribution in [2.75, 3.05) is 6.61 Å². The van der Waals surface area contributed by atoms with E-state index in [2.05, 4.69) is 61.6 Å². The number of halogens is 1. The second kappa shape index (κ2) is 6.36. The number of unbranched alkanes of at least 4 members (excludes halogenated alkanes) is 1. The Hall–Kier alpha value is -0.250. The second-order valence-electron chi connectivity index (χ2n) is 4.04. The fraction of sp³-hybridized carbons (Fsp3) is 0.538. The largest absolute Gasteiger partial charge is 0.493 e. The molecule has 0 unspecified atom stereocenters. The zero-order chi connectivity index (χ0) is 11.3. The van der Waals surface area contributed by atoms with Crippen LogP contribution in [0.25, 0.3) is 0 Å². The van der Waals surface area contributed by atoms with Gasteiger partial charge in [0.15, 0.2) is 0 Å². The van der Waals surface area contributed by atoms with Crippen molar-refractivity contribution >= 4 is 22.6 Å². The van der Waals surface area contributed by atoms with Gasteiger partial charge in [0, 0.05) is 3.57 Å².